The number of rotatable bonds is 12. The van der Waals surface area contributed by atoms with E-state index in [1.807, 2.05) is 0 Å². The van der Waals surface area contributed by atoms with E-state index >= 15 is 0 Å². The first-order chi connectivity index (χ1) is 10.3. The molecule has 0 aliphatic carbocycles. The van der Waals surface area contributed by atoms with Gasteiger partial charge in [-0.1, -0.05) is 71.3 Å². The standard InChI is InChI=1S/C20H35N/c1-3-5-7-9-11-13-18-15-16-20(21)17-19(18)14-12-10-8-6-4-2/h15-17H,3-14,21H2,1-2H3. The molecule has 1 heteroatoms. The molecule has 1 rings (SSSR count). The van der Waals surface area contributed by atoms with Gasteiger partial charge in [0.1, 0.15) is 0 Å². The molecule has 1 aromatic rings. The summed E-state index contributed by atoms with van der Waals surface area (Å²) < 4.78 is 0. The first kappa shape index (κ1) is 18.1. The van der Waals surface area contributed by atoms with Crippen molar-refractivity contribution < 1.29 is 0 Å². The zero-order valence-electron chi connectivity index (χ0n) is 14.3. The molecule has 0 fully saturated rings. The van der Waals surface area contributed by atoms with E-state index in [4.69, 9.17) is 5.73 Å². The van der Waals surface area contributed by atoms with E-state index in [2.05, 4.69) is 32.0 Å². The highest BCUT2D eigenvalue weighted by molar-refractivity contribution is 5.45. The Labute approximate surface area is 132 Å². The van der Waals surface area contributed by atoms with E-state index in [1.54, 1.807) is 0 Å². The number of anilines is 1. The molecule has 0 saturated heterocycles. The molecule has 0 heterocycles. The summed E-state index contributed by atoms with van der Waals surface area (Å²) in [5.74, 6) is 0. The van der Waals surface area contributed by atoms with E-state index < -0.39 is 0 Å². The normalized spacial score (nSPS) is 11.0. The molecule has 1 aromatic carbocycles. The van der Waals surface area contributed by atoms with Gasteiger partial charge in [0.2, 0.25) is 0 Å². The highest BCUT2D eigenvalue weighted by atomic mass is 14.5. The Morgan fingerprint density at radius 1 is 0.667 bits per heavy atom. The number of nitrogens with two attached hydrogens (primary N) is 1. The first-order valence-corrected chi connectivity index (χ1v) is 9.15. The maximum absolute atomic E-state index is 5.97. The summed E-state index contributed by atoms with van der Waals surface area (Å²) in [5, 5.41) is 0. The van der Waals surface area contributed by atoms with Crippen molar-refractivity contribution in [3.8, 4) is 0 Å². The third kappa shape index (κ3) is 8.14. The van der Waals surface area contributed by atoms with Crippen LogP contribution in [0.4, 0.5) is 5.69 Å². The second-order valence-corrected chi connectivity index (χ2v) is 6.36. The van der Waals surface area contributed by atoms with Gasteiger partial charge in [-0.15, -0.1) is 0 Å². The van der Waals surface area contributed by atoms with E-state index in [-0.39, 0.29) is 0 Å². The Morgan fingerprint density at radius 3 is 1.76 bits per heavy atom. The topological polar surface area (TPSA) is 26.0 Å². The number of nitrogen functional groups attached to an aromatic ring is 1. The molecule has 0 spiro atoms. The molecule has 0 aliphatic rings. The molecule has 0 saturated carbocycles. The average Bonchev–Trinajstić information content (AvgIpc) is 2.48. The SMILES string of the molecule is CCCCCCCc1ccc(N)cc1CCCCCCC. The fourth-order valence-electron chi connectivity index (χ4n) is 2.96. The summed E-state index contributed by atoms with van der Waals surface area (Å²) >= 11 is 0. The van der Waals surface area contributed by atoms with Crippen molar-refractivity contribution in [1.82, 2.24) is 0 Å². The lowest BCUT2D eigenvalue weighted by Gasteiger charge is -2.11. The van der Waals surface area contributed by atoms with Crippen LogP contribution in [0, 0.1) is 0 Å². The first-order valence-electron chi connectivity index (χ1n) is 9.15. The maximum Gasteiger partial charge on any atom is 0.0316 e. The monoisotopic (exact) mass is 289 g/mol. The number of unbranched alkanes of at least 4 members (excludes halogenated alkanes) is 8. The largest absolute Gasteiger partial charge is 0.399 e. The van der Waals surface area contributed by atoms with Gasteiger partial charge in [-0.2, -0.15) is 0 Å². The van der Waals surface area contributed by atoms with E-state index in [0.717, 1.165) is 5.69 Å². The van der Waals surface area contributed by atoms with Crippen LogP contribution in [0.15, 0.2) is 18.2 Å². The number of hydrogen-bond donors (Lipinski definition) is 1. The van der Waals surface area contributed by atoms with Gasteiger partial charge in [0.15, 0.2) is 0 Å². The molecule has 0 bridgehead atoms. The quantitative estimate of drug-likeness (QED) is 0.355. The van der Waals surface area contributed by atoms with Gasteiger partial charge in [-0.05, 0) is 48.9 Å². The minimum atomic E-state index is 0.924. The van der Waals surface area contributed by atoms with Crippen LogP contribution in [0.3, 0.4) is 0 Å². The number of hydrogen-bond acceptors (Lipinski definition) is 1. The molecule has 0 atom stereocenters. The predicted molar refractivity (Wildman–Crippen MR) is 95.8 cm³/mol. The summed E-state index contributed by atoms with van der Waals surface area (Å²) in [7, 11) is 0. The number of benzene rings is 1. The van der Waals surface area contributed by atoms with Gasteiger partial charge < -0.3 is 5.73 Å². The van der Waals surface area contributed by atoms with Crippen LogP contribution in [-0.2, 0) is 12.8 Å². The van der Waals surface area contributed by atoms with Crippen LogP contribution in [0.5, 0.6) is 0 Å². The van der Waals surface area contributed by atoms with Crippen molar-refractivity contribution in [2.75, 3.05) is 5.73 Å². The number of aryl methyl sites for hydroxylation is 2. The van der Waals surface area contributed by atoms with Crippen LogP contribution in [0.1, 0.15) is 89.2 Å². The molecule has 0 unspecified atom stereocenters. The molecule has 0 amide bonds. The van der Waals surface area contributed by atoms with Crippen molar-refractivity contribution >= 4 is 5.69 Å². The molecule has 21 heavy (non-hydrogen) atoms. The van der Waals surface area contributed by atoms with Crippen LogP contribution < -0.4 is 5.73 Å². The van der Waals surface area contributed by atoms with E-state index in [9.17, 15) is 0 Å². The van der Waals surface area contributed by atoms with Crippen molar-refractivity contribution in [2.24, 2.45) is 0 Å². The molecule has 1 nitrogen and oxygen atoms in total. The van der Waals surface area contributed by atoms with Crippen LogP contribution in [0.25, 0.3) is 0 Å². The Kier molecular flexibility index (Phi) is 10.0. The lowest BCUT2D eigenvalue weighted by Crippen LogP contribution is -1.98. The molecular weight excluding hydrogens is 254 g/mol. The molecule has 2 N–H and O–H groups in total. The van der Waals surface area contributed by atoms with Crippen molar-refractivity contribution in [3.05, 3.63) is 29.3 Å². The average molecular weight is 290 g/mol. The lowest BCUT2D eigenvalue weighted by molar-refractivity contribution is 0.621. The molecule has 120 valence electrons. The van der Waals surface area contributed by atoms with Gasteiger partial charge in [0.05, 0.1) is 0 Å². The van der Waals surface area contributed by atoms with Gasteiger partial charge in [-0.25, -0.2) is 0 Å². The Hall–Kier alpha value is -0.980. The van der Waals surface area contributed by atoms with Crippen molar-refractivity contribution in [3.63, 3.8) is 0 Å². The van der Waals surface area contributed by atoms with Gasteiger partial charge >= 0.3 is 0 Å². The zero-order valence-corrected chi connectivity index (χ0v) is 14.3. The Balaban J connectivity index is 2.39. The van der Waals surface area contributed by atoms with Crippen molar-refractivity contribution in [1.29, 1.82) is 0 Å². The lowest BCUT2D eigenvalue weighted by atomic mass is 9.96. The van der Waals surface area contributed by atoms with E-state index in [1.165, 1.54) is 88.2 Å². The summed E-state index contributed by atoms with van der Waals surface area (Å²) in [5.41, 5.74) is 9.94. The second kappa shape index (κ2) is 11.7. The van der Waals surface area contributed by atoms with Gasteiger partial charge in [0, 0.05) is 5.69 Å². The molecule has 0 radical (unpaired) electrons. The minimum absolute atomic E-state index is 0.924. The van der Waals surface area contributed by atoms with Crippen LogP contribution >= 0.6 is 0 Å². The second-order valence-electron chi connectivity index (χ2n) is 6.36. The fourth-order valence-corrected chi connectivity index (χ4v) is 2.96. The smallest absolute Gasteiger partial charge is 0.0316 e. The fraction of sp³-hybridized carbons (Fsp3) is 0.700. The minimum Gasteiger partial charge on any atom is -0.399 e. The molecule has 0 aromatic heterocycles. The summed E-state index contributed by atoms with van der Waals surface area (Å²) in [4.78, 5) is 0. The Bertz CT molecular complexity index is 370. The third-order valence-corrected chi connectivity index (χ3v) is 4.33. The summed E-state index contributed by atoms with van der Waals surface area (Å²) in [6.45, 7) is 4.55. The summed E-state index contributed by atoms with van der Waals surface area (Å²) in [6.07, 6.45) is 16.0. The van der Waals surface area contributed by atoms with Crippen LogP contribution in [-0.4, -0.2) is 0 Å². The summed E-state index contributed by atoms with van der Waals surface area (Å²) in [6, 6.07) is 6.54. The third-order valence-electron chi connectivity index (χ3n) is 4.33. The van der Waals surface area contributed by atoms with Gasteiger partial charge in [-0.3, -0.25) is 0 Å². The van der Waals surface area contributed by atoms with Gasteiger partial charge in [0.25, 0.3) is 0 Å². The van der Waals surface area contributed by atoms with Crippen LogP contribution in [0.2, 0.25) is 0 Å². The maximum atomic E-state index is 5.97. The highest BCUT2D eigenvalue weighted by Crippen LogP contribution is 2.20. The van der Waals surface area contributed by atoms with E-state index in [0.29, 0.717) is 0 Å². The highest BCUT2D eigenvalue weighted by Gasteiger charge is 2.03. The Morgan fingerprint density at radius 2 is 1.19 bits per heavy atom. The van der Waals surface area contributed by atoms with Crippen molar-refractivity contribution in [2.45, 2.75) is 90.9 Å². The molecular formula is C20H35N. The predicted octanol–water partition coefficient (Wildman–Crippen LogP) is 6.29. The molecule has 0 aliphatic heterocycles. The zero-order chi connectivity index (χ0) is 15.3.